The van der Waals surface area contributed by atoms with Crippen LogP contribution in [0.1, 0.15) is 20.8 Å². The van der Waals surface area contributed by atoms with Crippen LogP contribution in [0.2, 0.25) is 0 Å². The quantitative estimate of drug-likeness (QED) is 0.751. The number of aromatic carboxylic acids is 1. The van der Waals surface area contributed by atoms with Gasteiger partial charge in [0.25, 0.3) is 5.91 Å². The molecule has 0 unspecified atom stereocenters. The van der Waals surface area contributed by atoms with E-state index in [1.807, 2.05) is 0 Å². The number of pyridine rings is 2. The Morgan fingerprint density at radius 2 is 2.00 bits per heavy atom. The molecule has 2 aromatic heterocycles. The smallest absolute Gasteiger partial charge is 0.354 e. The Morgan fingerprint density at radius 3 is 2.63 bits per heavy atom. The van der Waals surface area contributed by atoms with Crippen LogP contribution in [0.5, 0.6) is 0 Å². The summed E-state index contributed by atoms with van der Waals surface area (Å²) in [6.07, 6.45) is 1.26. The lowest BCUT2D eigenvalue weighted by Gasteiger charge is -2.04. The van der Waals surface area contributed by atoms with Crippen molar-refractivity contribution in [3.63, 3.8) is 0 Å². The first kappa shape index (κ1) is 12.5. The van der Waals surface area contributed by atoms with Crippen molar-refractivity contribution in [2.75, 3.05) is 5.32 Å². The largest absolute Gasteiger partial charge is 0.477 e. The van der Waals surface area contributed by atoms with E-state index in [9.17, 15) is 14.4 Å². The lowest BCUT2D eigenvalue weighted by Crippen LogP contribution is -2.16. The van der Waals surface area contributed by atoms with Gasteiger partial charge in [-0.05, 0) is 18.2 Å². The molecule has 0 saturated heterocycles. The Kier molecular flexibility index (Phi) is 3.37. The highest BCUT2D eigenvalue weighted by Crippen LogP contribution is 2.07. The molecule has 0 aliphatic rings. The lowest BCUT2D eigenvalue weighted by atomic mass is 10.2. The van der Waals surface area contributed by atoms with Crippen LogP contribution in [0.4, 0.5) is 5.82 Å². The highest BCUT2D eigenvalue weighted by Gasteiger charge is 2.09. The SMILES string of the molecule is O=C(Nc1cccc(C(=O)O)n1)c1ccc(=O)[nH]c1. The van der Waals surface area contributed by atoms with Crippen LogP contribution < -0.4 is 10.9 Å². The third kappa shape index (κ3) is 3.03. The molecule has 0 bridgehead atoms. The molecule has 7 heteroatoms. The number of carbonyl (C=O) groups excluding carboxylic acids is 1. The number of nitrogens with zero attached hydrogens (tertiary/aromatic N) is 1. The van der Waals surface area contributed by atoms with Crippen molar-refractivity contribution in [3.05, 3.63) is 58.1 Å². The van der Waals surface area contributed by atoms with Gasteiger partial charge in [-0.25, -0.2) is 9.78 Å². The second-order valence-corrected chi connectivity index (χ2v) is 3.61. The third-order valence-corrected chi connectivity index (χ3v) is 2.26. The van der Waals surface area contributed by atoms with E-state index in [0.717, 1.165) is 0 Å². The first-order chi connectivity index (χ1) is 9.06. The minimum absolute atomic E-state index is 0.121. The van der Waals surface area contributed by atoms with Crippen LogP contribution in [0, 0.1) is 0 Å². The Bertz CT molecular complexity index is 673. The molecule has 1 amide bonds. The molecule has 3 N–H and O–H groups in total. The van der Waals surface area contributed by atoms with Gasteiger partial charge in [0.2, 0.25) is 5.56 Å². The molecule has 7 nitrogen and oxygen atoms in total. The van der Waals surface area contributed by atoms with Crippen LogP contribution >= 0.6 is 0 Å². The number of hydrogen-bond acceptors (Lipinski definition) is 4. The van der Waals surface area contributed by atoms with E-state index >= 15 is 0 Å². The Balaban J connectivity index is 2.19. The van der Waals surface area contributed by atoms with E-state index < -0.39 is 11.9 Å². The van der Waals surface area contributed by atoms with Gasteiger partial charge in [0, 0.05) is 12.3 Å². The fraction of sp³-hybridized carbons (Fsp3) is 0. The van der Waals surface area contributed by atoms with E-state index in [4.69, 9.17) is 5.11 Å². The molecular weight excluding hydrogens is 250 g/mol. The first-order valence-corrected chi connectivity index (χ1v) is 5.27. The number of amides is 1. The van der Waals surface area contributed by atoms with E-state index in [1.54, 1.807) is 0 Å². The van der Waals surface area contributed by atoms with E-state index in [-0.39, 0.29) is 22.6 Å². The maximum absolute atomic E-state index is 11.8. The fourth-order valence-electron chi connectivity index (χ4n) is 1.36. The van der Waals surface area contributed by atoms with Gasteiger partial charge in [0.1, 0.15) is 5.82 Å². The molecule has 96 valence electrons. The van der Waals surface area contributed by atoms with Gasteiger partial charge in [-0.15, -0.1) is 0 Å². The summed E-state index contributed by atoms with van der Waals surface area (Å²) in [6.45, 7) is 0. The molecule has 0 saturated carbocycles. The summed E-state index contributed by atoms with van der Waals surface area (Å²) in [7, 11) is 0. The monoisotopic (exact) mass is 259 g/mol. The second kappa shape index (κ2) is 5.13. The Labute approximate surface area is 106 Å². The third-order valence-electron chi connectivity index (χ3n) is 2.26. The maximum atomic E-state index is 11.8. The number of aromatic amines is 1. The van der Waals surface area contributed by atoms with Gasteiger partial charge in [-0.1, -0.05) is 6.07 Å². The molecule has 2 heterocycles. The number of nitrogens with one attached hydrogen (secondary N) is 2. The Hall–Kier alpha value is -2.96. The average Bonchev–Trinajstić information content (AvgIpc) is 2.39. The van der Waals surface area contributed by atoms with Crippen LogP contribution in [0.25, 0.3) is 0 Å². The zero-order valence-corrected chi connectivity index (χ0v) is 9.58. The van der Waals surface area contributed by atoms with Crippen molar-refractivity contribution in [1.82, 2.24) is 9.97 Å². The number of carboxylic acids is 1. The van der Waals surface area contributed by atoms with Crippen LogP contribution in [0.15, 0.2) is 41.3 Å². The fourth-order valence-corrected chi connectivity index (χ4v) is 1.36. The topological polar surface area (TPSA) is 112 Å². The molecule has 0 spiro atoms. The molecule has 0 aromatic carbocycles. The first-order valence-electron chi connectivity index (χ1n) is 5.27. The maximum Gasteiger partial charge on any atom is 0.354 e. The number of carbonyl (C=O) groups is 2. The number of H-pyrrole nitrogens is 1. The number of hydrogen-bond donors (Lipinski definition) is 3. The summed E-state index contributed by atoms with van der Waals surface area (Å²) in [5.41, 5.74) is -0.246. The lowest BCUT2D eigenvalue weighted by molar-refractivity contribution is 0.0690. The van der Waals surface area contributed by atoms with Gasteiger partial charge >= 0.3 is 5.97 Å². The predicted octanol–water partition coefficient (Wildman–Crippen LogP) is 0.720. The number of rotatable bonds is 3. The molecule has 0 aliphatic carbocycles. The number of carboxylic acid groups (broad SMARTS) is 1. The van der Waals surface area contributed by atoms with Crippen molar-refractivity contribution >= 4 is 17.7 Å². The zero-order valence-electron chi connectivity index (χ0n) is 9.58. The highest BCUT2D eigenvalue weighted by atomic mass is 16.4. The molecule has 0 fully saturated rings. The van der Waals surface area contributed by atoms with Gasteiger partial charge in [0.05, 0.1) is 5.56 Å². The number of anilines is 1. The van der Waals surface area contributed by atoms with Crippen LogP contribution in [-0.4, -0.2) is 27.0 Å². The molecule has 2 rings (SSSR count). The molecular formula is C12H9N3O4. The van der Waals surface area contributed by atoms with Crippen molar-refractivity contribution in [1.29, 1.82) is 0 Å². The average molecular weight is 259 g/mol. The molecule has 0 radical (unpaired) electrons. The zero-order chi connectivity index (χ0) is 13.8. The normalized spacial score (nSPS) is 9.89. The summed E-state index contributed by atoms with van der Waals surface area (Å²) in [6, 6.07) is 6.83. The molecule has 2 aromatic rings. The second-order valence-electron chi connectivity index (χ2n) is 3.61. The molecule has 0 aliphatic heterocycles. The van der Waals surface area contributed by atoms with Crippen molar-refractivity contribution in [3.8, 4) is 0 Å². The minimum Gasteiger partial charge on any atom is -0.477 e. The molecule has 19 heavy (non-hydrogen) atoms. The van der Waals surface area contributed by atoms with Crippen LogP contribution in [0.3, 0.4) is 0 Å². The van der Waals surface area contributed by atoms with Gasteiger partial charge < -0.3 is 15.4 Å². The van der Waals surface area contributed by atoms with Crippen molar-refractivity contribution in [2.45, 2.75) is 0 Å². The summed E-state index contributed by atoms with van der Waals surface area (Å²) in [4.78, 5) is 39.5. The van der Waals surface area contributed by atoms with Crippen LogP contribution in [-0.2, 0) is 0 Å². The van der Waals surface area contributed by atoms with Gasteiger partial charge in [-0.2, -0.15) is 0 Å². The summed E-state index contributed by atoms with van der Waals surface area (Å²) < 4.78 is 0. The number of aromatic nitrogens is 2. The minimum atomic E-state index is -1.18. The van der Waals surface area contributed by atoms with Gasteiger partial charge in [-0.3, -0.25) is 9.59 Å². The standard InChI is InChI=1S/C12H9N3O4/c16-10-5-4-7(6-13-10)11(17)15-9-3-1-2-8(14-9)12(18)19/h1-6H,(H,13,16)(H,18,19)(H,14,15,17). The molecule has 0 atom stereocenters. The predicted molar refractivity (Wildman–Crippen MR) is 66.2 cm³/mol. The Morgan fingerprint density at radius 1 is 1.21 bits per heavy atom. The summed E-state index contributed by atoms with van der Waals surface area (Å²) >= 11 is 0. The highest BCUT2D eigenvalue weighted by molar-refractivity contribution is 6.03. The van der Waals surface area contributed by atoms with Crippen molar-refractivity contribution < 1.29 is 14.7 Å². The summed E-state index contributed by atoms with van der Waals surface area (Å²) in [5.74, 6) is -1.55. The van der Waals surface area contributed by atoms with E-state index in [1.165, 1.54) is 36.5 Å². The summed E-state index contributed by atoms with van der Waals surface area (Å²) in [5, 5.41) is 11.2. The van der Waals surface area contributed by atoms with Gasteiger partial charge in [0.15, 0.2) is 5.69 Å². The van der Waals surface area contributed by atoms with E-state index in [0.29, 0.717) is 0 Å². The van der Waals surface area contributed by atoms with Crippen molar-refractivity contribution in [2.24, 2.45) is 0 Å². The van der Waals surface area contributed by atoms with E-state index in [2.05, 4.69) is 15.3 Å².